The molecule has 0 atom stereocenters. The van der Waals surface area contributed by atoms with Crippen molar-refractivity contribution in [1.82, 2.24) is 4.90 Å². The van der Waals surface area contributed by atoms with Crippen LogP contribution in [0.4, 0.5) is 0 Å². The number of ketones is 1. The Bertz CT molecular complexity index is 923. The number of aryl methyl sites for hydroxylation is 2. The molecule has 2 aromatic carbocycles. The van der Waals surface area contributed by atoms with Crippen LogP contribution in [0.1, 0.15) is 44.7 Å². The van der Waals surface area contributed by atoms with E-state index in [-0.39, 0.29) is 24.1 Å². The molecule has 0 saturated carbocycles. The number of ether oxygens (including phenoxy) is 1. The second-order valence-corrected chi connectivity index (χ2v) is 8.28. The molecule has 0 heterocycles. The quantitative estimate of drug-likeness (QED) is 0.394. The maximum absolute atomic E-state index is 12.5. The summed E-state index contributed by atoms with van der Waals surface area (Å²) in [7, 11) is 3.38. The third kappa shape index (κ3) is 5.48. The first-order chi connectivity index (χ1) is 14.0. The van der Waals surface area contributed by atoms with Gasteiger partial charge in [0, 0.05) is 24.6 Å². The zero-order valence-electron chi connectivity index (χ0n) is 16.8. The molecular weight excluding hydrogens is 386 g/mol. The molecule has 0 bridgehead atoms. The minimum absolute atomic E-state index is 0.0410. The van der Waals surface area contributed by atoms with Gasteiger partial charge in [-0.15, -0.1) is 11.8 Å². The van der Waals surface area contributed by atoms with Crippen molar-refractivity contribution in [1.29, 1.82) is 0 Å². The molecule has 0 N–H and O–H groups in total. The van der Waals surface area contributed by atoms with E-state index in [4.69, 9.17) is 4.74 Å². The fourth-order valence-corrected chi connectivity index (χ4v) is 4.25. The van der Waals surface area contributed by atoms with Gasteiger partial charge in [-0.05, 0) is 55.0 Å². The molecule has 3 rings (SSSR count). The molecule has 29 heavy (non-hydrogen) atoms. The van der Waals surface area contributed by atoms with E-state index in [1.165, 1.54) is 34.2 Å². The lowest BCUT2D eigenvalue weighted by Crippen LogP contribution is -2.23. The van der Waals surface area contributed by atoms with E-state index in [0.717, 1.165) is 19.3 Å². The average molecular weight is 412 g/mol. The van der Waals surface area contributed by atoms with Gasteiger partial charge in [0.1, 0.15) is 0 Å². The lowest BCUT2D eigenvalue weighted by atomic mass is 9.90. The van der Waals surface area contributed by atoms with E-state index in [0.29, 0.717) is 16.0 Å². The predicted molar refractivity (Wildman–Crippen MR) is 114 cm³/mol. The number of carbonyl (C=O) groups excluding carboxylic acids is 3. The highest BCUT2D eigenvalue weighted by atomic mass is 32.2. The van der Waals surface area contributed by atoms with Crippen LogP contribution < -0.4 is 0 Å². The molecule has 152 valence electrons. The van der Waals surface area contributed by atoms with Crippen LogP contribution in [0.15, 0.2) is 47.4 Å². The van der Waals surface area contributed by atoms with Gasteiger partial charge in [-0.3, -0.25) is 9.59 Å². The van der Waals surface area contributed by atoms with E-state index >= 15 is 0 Å². The van der Waals surface area contributed by atoms with Crippen molar-refractivity contribution < 1.29 is 19.1 Å². The van der Waals surface area contributed by atoms with Crippen molar-refractivity contribution in [2.75, 3.05) is 26.5 Å². The van der Waals surface area contributed by atoms with Crippen LogP contribution in [0.2, 0.25) is 0 Å². The topological polar surface area (TPSA) is 63.7 Å². The molecule has 6 heteroatoms. The molecule has 0 aromatic heterocycles. The number of esters is 1. The van der Waals surface area contributed by atoms with Crippen molar-refractivity contribution in [3.05, 3.63) is 64.7 Å². The SMILES string of the molecule is CN(C)C(=O)CSc1ccccc1C(=O)OCC(=O)c1ccc2c(c1)CCCC2. The summed E-state index contributed by atoms with van der Waals surface area (Å²) >= 11 is 1.28. The van der Waals surface area contributed by atoms with Crippen LogP contribution in [0.3, 0.4) is 0 Å². The van der Waals surface area contributed by atoms with Crippen LogP contribution in [-0.4, -0.2) is 49.0 Å². The Morgan fingerprint density at radius 1 is 1.00 bits per heavy atom. The molecular formula is C23H25NO4S. The third-order valence-electron chi connectivity index (χ3n) is 4.96. The summed E-state index contributed by atoms with van der Waals surface area (Å²) < 4.78 is 5.29. The minimum Gasteiger partial charge on any atom is -0.454 e. The maximum atomic E-state index is 12.5. The number of rotatable bonds is 7. The minimum atomic E-state index is -0.559. The Balaban J connectivity index is 1.62. The number of benzene rings is 2. The smallest absolute Gasteiger partial charge is 0.339 e. The van der Waals surface area contributed by atoms with Crippen molar-refractivity contribution in [3.63, 3.8) is 0 Å². The molecule has 0 aliphatic heterocycles. The highest BCUT2D eigenvalue weighted by Gasteiger charge is 2.18. The largest absolute Gasteiger partial charge is 0.454 e. The fraction of sp³-hybridized carbons (Fsp3) is 0.348. The predicted octanol–water partition coefficient (Wildman–Crippen LogP) is 3.79. The fourth-order valence-electron chi connectivity index (χ4n) is 3.23. The standard InChI is InChI=1S/C23H25NO4S/c1-24(2)22(26)15-29-21-10-6-5-9-19(21)23(27)28-14-20(25)18-12-11-16-7-3-4-8-17(16)13-18/h5-6,9-13H,3-4,7-8,14-15H2,1-2H3. The number of thioether (sulfide) groups is 1. The zero-order valence-corrected chi connectivity index (χ0v) is 17.6. The normalized spacial score (nSPS) is 12.8. The molecule has 2 aromatic rings. The van der Waals surface area contributed by atoms with Gasteiger partial charge in [0.15, 0.2) is 12.4 Å². The Kier molecular flexibility index (Phi) is 7.09. The third-order valence-corrected chi connectivity index (χ3v) is 6.02. The van der Waals surface area contributed by atoms with Gasteiger partial charge < -0.3 is 9.64 Å². The van der Waals surface area contributed by atoms with Gasteiger partial charge in [0.2, 0.25) is 5.91 Å². The molecule has 1 aliphatic rings. The summed E-state index contributed by atoms with van der Waals surface area (Å²) in [6.07, 6.45) is 4.38. The van der Waals surface area contributed by atoms with Crippen LogP contribution >= 0.6 is 11.8 Å². The Morgan fingerprint density at radius 2 is 1.72 bits per heavy atom. The first-order valence-electron chi connectivity index (χ1n) is 9.70. The first-order valence-corrected chi connectivity index (χ1v) is 10.7. The molecule has 0 saturated heterocycles. The van der Waals surface area contributed by atoms with Crippen molar-refractivity contribution in [3.8, 4) is 0 Å². The Labute approximate surface area is 175 Å². The summed E-state index contributed by atoms with van der Waals surface area (Å²) in [5.41, 5.74) is 3.48. The molecule has 0 unspecified atom stereocenters. The zero-order chi connectivity index (χ0) is 20.8. The number of hydrogen-bond donors (Lipinski definition) is 0. The number of carbonyl (C=O) groups is 3. The Hall–Kier alpha value is -2.60. The van der Waals surface area contributed by atoms with Gasteiger partial charge in [0.25, 0.3) is 0 Å². The average Bonchev–Trinajstić information content (AvgIpc) is 2.75. The lowest BCUT2D eigenvalue weighted by molar-refractivity contribution is -0.125. The van der Waals surface area contributed by atoms with Gasteiger partial charge >= 0.3 is 5.97 Å². The van der Waals surface area contributed by atoms with Crippen LogP contribution in [0.25, 0.3) is 0 Å². The second kappa shape index (κ2) is 9.74. The van der Waals surface area contributed by atoms with Gasteiger partial charge in [-0.25, -0.2) is 4.79 Å². The molecule has 0 radical (unpaired) electrons. The van der Waals surface area contributed by atoms with E-state index < -0.39 is 5.97 Å². The Morgan fingerprint density at radius 3 is 2.48 bits per heavy atom. The van der Waals surface area contributed by atoms with Crippen LogP contribution in [-0.2, 0) is 22.4 Å². The summed E-state index contributed by atoms with van der Waals surface area (Å²) in [6.45, 7) is -0.298. The molecule has 1 amide bonds. The summed E-state index contributed by atoms with van der Waals surface area (Å²) in [5, 5.41) is 0. The number of nitrogens with zero attached hydrogens (tertiary/aromatic N) is 1. The maximum Gasteiger partial charge on any atom is 0.339 e. The highest BCUT2D eigenvalue weighted by molar-refractivity contribution is 8.00. The number of Topliss-reactive ketones (excluding diaryl/α,β-unsaturated/α-hetero) is 1. The number of amides is 1. The van der Waals surface area contributed by atoms with Gasteiger partial charge in [-0.2, -0.15) is 0 Å². The van der Waals surface area contributed by atoms with Crippen molar-refractivity contribution in [2.45, 2.75) is 30.6 Å². The first kappa shape index (κ1) is 21.1. The monoisotopic (exact) mass is 411 g/mol. The molecule has 0 fully saturated rings. The van der Waals surface area contributed by atoms with Gasteiger partial charge in [0.05, 0.1) is 11.3 Å². The van der Waals surface area contributed by atoms with Gasteiger partial charge in [-0.1, -0.05) is 24.3 Å². The molecule has 5 nitrogen and oxygen atoms in total. The second-order valence-electron chi connectivity index (χ2n) is 7.26. The van der Waals surface area contributed by atoms with Crippen LogP contribution in [0, 0.1) is 0 Å². The van der Waals surface area contributed by atoms with E-state index in [2.05, 4.69) is 0 Å². The summed E-state index contributed by atoms with van der Waals surface area (Å²) in [4.78, 5) is 39.0. The van der Waals surface area contributed by atoms with E-state index in [1.54, 1.807) is 38.4 Å². The van der Waals surface area contributed by atoms with Crippen molar-refractivity contribution in [2.24, 2.45) is 0 Å². The molecule has 0 spiro atoms. The summed E-state index contributed by atoms with van der Waals surface area (Å²) in [5.74, 6) is -0.581. The number of hydrogen-bond acceptors (Lipinski definition) is 5. The van der Waals surface area contributed by atoms with Crippen molar-refractivity contribution >= 4 is 29.4 Å². The van der Waals surface area contributed by atoms with E-state index in [1.807, 2.05) is 18.2 Å². The molecule has 1 aliphatic carbocycles. The van der Waals surface area contributed by atoms with Crippen LogP contribution in [0.5, 0.6) is 0 Å². The highest BCUT2D eigenvalue weighted by Crippen LogP contribution is 2.24. The number of fused-ring (bicyclic) bond motifs is 1. The lowest BCUT2D eigenvalue weighted by Gasteiger charge is -2.16. The van der Waals surface area contributed by atoms with E-state index in [9.17, 15) is 14.4 Å². The summed E-state index contributed by atoms with van der Waals surface area (Å²) in [6, 6.07) is 12.7.